The van der Waals surface area contributed by atoms with Crippen LogP contribution in [0.3, 0.4) is 0 Å². The number of carbonyl (C=O) groups is 3. The van der Waals surface area contributed by atoms with E-state index in [-0.39, 0.29) is 11.8 Å². The normalized spacial score (nSPS) is 13.3. The molecule has 0 radical (unpaired) electrons. The summed E-state index contributed by atoms with van der Waals surface area (Å²) in [5.41, 5.74) is 1.68. The minimum atomic E-state index is -0.604. The van der Waals surface area contributed by atoms with Gasteiger partial charge in [0.2, 0.25) is 5.91 Å². The average Bonchev–Trinajstić information content (AvgIpc) is 3.31. The highest BCUT2D eigenvalue weighted by molar-refractivity contribution is 8.00. The van der Waals surface area contributed by atoms with Crippen molar-refractivity contribution in [1.29, 1.82) is 5.26 Å². The van der Waals surface area contributed by atoms with Crippen molar-refractivity contribution in [3.63, 3.8) is 0 Å². The van der Waals surface area contributed by atoms with Crippen molar-refractivity contribution >= 4 is 51.7 Å². The first kappa shape index (κ1) is 31.7. The highest BCUT2D eigenvalue weighted by Gasteiger charge is 2.30. The van der Waals surface area contributed by atoms with E-state index in [4.69, 9.17) is 14.2 Å². The Morgan fingerprint density at radius 2 is 1.81 bits per heavy atom. The summed E-state index contributed by atoms with van der Waals surface area (Å²) in [6.45, 7) is 7.99. The molecule has 0 aliphatic carbocycles. The van der Waals surface area contributed by atoms with Crippen molar-refractivity contribution in [2.75, 3.05) is 31.4 Å². The van der Waals surface area contributed by atoms with Crippen LogP contribution < -0.4 is 20.1 Å². The Balaban J connectivity index is 1.40. The molecule has 10 nitrogen and oxygen atoms in total. The number of carbonyl (C=O) groups excluding carboxylic acids is 3. The van der Waals surface area contributed by atoms with Crippen molar-refractivity contribution in [3.05, 3.63) is 64.0 Å². The van der Waals surface area contributed by atoms with E-state index in [1.165, 1.54) is 37.3 Å². The van der Waals surface area contributed by atoms with Crippen LogP contribution in [-0.4, -0.2) is 54.4 Å². The zero-order chi connectivity index (χ0) is 31.3. The van der Waals surface area contributed by atoms with Gasteiger partial charge >= 0.3 is 6.09 Å². The Bertz CT molecular complexity index is 1570. The molecular weight excluding hydrogens is 588 g/mol. The second-order valence-electron chi connectivity index (χ2n) is 10.8. The summed E-state index contributed by atoms with van der Waals surface area (Å²) in [5.74, 6) is 0.400. The number of nitrogens with zero attached hydrogens (tertiary/aromatic N) is 2. The van der Waals surface area contributed by atoms with Crippen LogP contribution in [0, 0.1) is 11.3 Å². The number of ether oxygens (including phenoxy) is 3. The first-order chi connectivity index (χ1) is 20.4. The van der Waals surface area contributed by atoms with Gasteiger partial charge in [-0.15, -0.1) is 23.1 Å². The number of benzene rings is 2. The smallest absolute Gasteiger partial charge is 0.410 e. The molecule has 1 atom stereocenters. The summed E-state index contributed by atoms with van der Waals surface area (Å²) in [6.07, 6.45) is 0.110. The summed E-state index contributed by atoms with van der Waals surface area (Å²) >= 11 is 2.64. The van der Waals surface area contributed by atoms with Gasteiger partial charge in [-0.2, -0.15) is 5.26 Å². The topological polar surface area (TPSA) is 130 Å². The molecule has 0 spiro atoms. The van der Waals surface area contributed by atoms with Gasteiger partial charge in [-0.25, -0.2) is 4.79 Å². The van der Waals surface area contributed by atoms with Crippen LogP contribution in [0.25, 0.3) is 0 Å². The van der Waals surface area contributed by atoms with Gasteiger partial charge < -0.3 is 29.7 Å². The fraction of sp³-hybridized carbons (Fsp3) is 0.355. The van der Waals surface area contributed by atoms with E-state index in [1.807, 2.05) is 26.8 Å². The monoisotopic (exact) mass is 622 g/mol. The van der Waals surface area contributed by atoms with Gasteiger partial charge in [-0.05, 0) is 76.1 Å². The number of amides is 3. The van der Waals surface area contributed by atoms with E-state index < -0.39 is 16.9 Å². The van der Waals surface area contributed by atoms with Crippen molar-refractivity contribution in [1.82, 2.24) is 4.90 Å². The predicted molar refractivity (Wildman–Crippen MR) is 167 cm³/mol. The quantitative estimate of drug-likeness (QED) is 0.280. The number of thiophene rings is 1. The van der Waals surface area contributed by atoms with Gasteiger partial charge in [0.25, 0.3) is 5.91 Å². The highest BCUT2D eigenvalue weighted by atomic mass is 32.2. The number of fused-ring (bicyclic) bond motifs is 1. The third kappa shape index (κ3) is 7.80. The summed E-state index contributed by atoms with van der Waals surface area (Å²) in [6, 6.07) is 14.4. The zero-order valence-electron chi connectivity index (χ0n) is 24.9. The summed E-state index contributed by atoms with van der Waals surface area (Å²) in [5, 5.41) is 15.6. The molecule has 3 aromatic rings. The second-order valence-corrected chi connectivity index (χ2v) is 13.3. The average molecular weight is 623 g/mol. The van der Waals surface area contributed by atoms with Gasteiger partial charge in [0, 0.05) is 27.6 Å². The first-order valence-electron chi connectivity index (χ1n) is 13.6. The molecule has 43 heavy (non-hydrogen) atoms. The molecule has 226 valence electrons. The van der Waals surface area contributed by atoms with Crippen molar-refractivity contribution in [2.45, 2.75) is 56.4 Å². The molecule has 2 heterocycles. The lowest BCUT2D eigenvalue weighted by Crippen LogP contribution is -2.39. The Kier molecular flexibility index (Phi) is 9.88. The number of nitrogens with one attached hydrogen (secondary N) is 2. The molecule has 12 heteroatoms. The Morgan fingerprint density at radius 1 is 1.07 bits per heavy atom. The fourth-order valence-electron chi connectivity index (χ4n) is 4.39. The number of methoxy groups -OCH3 is 2. The van der Waals surface area contributed by atoms with Crippen LogP contribution in [0.2, 0.25) is 0 Å². The van der Waals surface area contributed by atoms with Crippen molar-refractivity contribution in [2.24, 2.45) is 0 Å². The van der Waals surface area contributed by atoms with E-state index in [9.17, 15) is 19.6 Å². The minimum Gasteiger partial charge on any atom is -0.493 e. The van der Waals surface area contributed by atoms with E-state index in [2.05, 4.69) is 16.7 Å². The largest absolute Gasteiger partial charge is 0.493 e. The SMILES string of the molecule is COc1ccc(C(=O)Nc2cccc(SC(C)C(=O)Nc3sc4c(c3C#N)CCN(C(=O)OC(C)(C)C)C4)c2)cc1OC. The number of hydrogen-bond donors (Lipinski definition) is 2. The number of anilines is 2. The first-order valence-corrected chi connectivity index (χ1v) is 15.3. The number of thioether (sulfide) groups is 1. The molecule has 0 saturated heterocycles. The number of hydrogen-bond acceptors (Lipinski definition) is 9. The lowest BCUT2D eigenvalue weighted by molar-refractivity contribution is -0.115. The molecule has 0 saturated carbocycles. The minimum absolute atomic E-state index is 0.260. The van der Waals surface area contributed by atoms with Gasteiger partial charge in [0.15, 0.2) is 11.5 Å². The van der Waals surface area contributed by atoms with Crippen molar-refractivity contribution < 1.29 is 28.6 Å². The lowest BCUT2D eigenvalue weighted by Gasteiger charge is -2.29. The van der Waals surface area contributed by atoms with E-state index in [0.29, 0.717) is 52.8 Å². The van der Waals surface area contributed by atoms with Crippen LogP contribution in [0.1, 0.15) is 54.1 Å². The van der Waals surface area contributed by atoms with Gasteiger partial charge in [0.05, 0.1) is 31.6 Å². The summed E-state index contributed by atoms with van der Waals surface area (Å²) in [7, 11) is 3.03. The number of rotatable bonds is 8. The van der Waals surface area contributed by atoms with Gasteiger partial charge in [-0.3, -0.25) is 9.59 Å². The molecule has 0 bridgehead atoms. The molecule has 0 fully saturated rings. The lowest BCUT2D eigenvalue weighted by atomic mass is 10.0. The van der Waals surface area contributed by atoms with Gasteiger partial charge in [0.1, 0.15) is 16.7 Å². The van der Waals surface area contributed by atoms with Crippen LogP contribution >= 0.6 is 23.1 Å². The molecule has 2 aromatic carbocycles. The van der Waals surface area contributed by atoms with Crippen molar-refractivity contribution in [3.8, 4) is 17.6 Å². The molecule has 1 aromatic heterocycles. The third-order valence-corrected chi connectivity index (χ3v) is 8.70. The molecule has 1 aliphatic heterocycles. The van der Waals surface area contributed by atoms with Crippen LogP contribution in [-0.2, 0) is 22.5 Å². The Hall–Kier alpha value is -4.21. The van der Waals surface area contributed by atoms with Crippen LogP contribution in [0.15, 0.2) is 47.4 Å². The molecular formula is C31H34N4O6S2. The standard InChI is InChI=1S/C31H34N4O6S2/c1-18(42-21-9-7-8-20(15-21)33-28(37)19-10-11-24(39-5)25(14-19)40-6)27(36)34-29-23(16-32)22-12-13-35(17-26(22)43-29)30(38)41-31(2,3)4/h7-11,14-15,18H,12-13,17H2,1-6H3,(H,33,37)(H,34,36). The fourth-order valence-corrected chi connectivity index (χ4v) is 6.53. The van der Waals surface area contributed by atoms with E-state index in [0.717, 1.165) is 15.3 Å². The summed E-state index contributed by atoms with van der Waals surface area (Å²) in [4.78, 5) is 41.9. The maximum absolute atomic E-state index is 13.2. The van der Waals surface area contributed by atoms with Crippen LogP contribution in [0.4, 0.5) is 15.5 Å². The second kappa shape index (κ2) is 13.4. The van der Waals surface area contributed by atoms with E-state index in [1.54, 1.807) is 48.2 Å². The highest BCUT2D eigenvalue weighted by Crippen LogP contribution is 2.38. The molecule has 1 unspecified atom stereocenters. The molecule has 4 rings (SSSR count). The Morgan fingerprint density at radius 3 is 2.49 bits per heavy atom. The van der Waals surface area contributed by atoms with Gasteiger partial charge in [-0.1, -0.05) is 6.07 Å². The predicted octanol–water partition coefficient (Wildman–Crippen LogP) is 6.30. The number of nitriles is 1. The molecule has 3 amide bonds. The molecule has 1 aliphatic rings. The maximum Gasteiger partial charge on any atom is 0.410 e. The molecule has 2 N–H and O–H groups in total. The van der Waals surface area contributed by atoms with Crippen LogP contribution in [0.5, 0.6) is 11.5 Å². The third-order valence-electron chi connectivity index (χ3n) is 6.48. The summed E-state index contributed by atoms with van der Waals surface area (Å²) < 4.78 is 16.0. The zero-order valence-corrected chi connectivity index (χ0v) is 26.5. The Labute approximate surface area is 259 Å². The maximum atomic E-state index is 13.2. The van der Waals surface area contributed by atoms with E-state index >= 15 is 0 Å².